The Balaban J connectivity index is 2.13. The van der Waals surface area contributed by atoms with E-state index in [2.05, 4.69) is 9.97 Å². The number of ether oxygens (including phenoxy) is 2. The van der Waals surface area contributed by atoms with Crippen LogP contribution < -0.4 is 9.47 Å². The van der Waals surface area contributed by atoms with Crippen LogP contribution >= 0.6 is 0 Å². The molecule has 2 aromatic rings. The van der Waals surface area contributed by atoms with Crippen LogP contribution in [0.2, 0.25) is 0 Å². The molecule has 0 aromatic carbocycles. The molecular formula is C14H16N2O3. The molecule has 0 aliphatic heterocycles. The maximum atomic E-state index is 10.2. The molecule has 0 aliphatic carbocycles. The molecule has 0 radical (unpaired) electrons. The zero-order valence-electron chi connectivity index (χ0n) is 10.9. The van der Waals surface area contributed by atoms with E-state index < -0.39 is 6.10 Å². The smallest absolute Gasteiger partial charge is 0.212 e. The van der Waals surface area contributed by atoms with E-state index in [9.17, 15) is 5.11 Å². The number of pyridine rings is 2. The minimum Gasteiger partial charge on any atom is -0.495 e. The van der Waals surface area contributed by atoms with E-state index in [0.29, 0.717) is 23.7 Å². The van der Waals surface area contributed by atoms with Crippen molar-refractivity contribution in [3.05, 3.63) is 47.9 Å². The Kier molecular flexibility index (Phi) is 4.30. The molecule has 0 bridgehead atoms. The van der Waals surface area contributed by atoms with Crippen LogP contribution in [0, 0.1) is 0 Å². The van der Waals surface area contributed by atoms with E-state index in [4.69, 9.17) is 9.47 Å². The van der Waals surface area contributed by atoms with Crippen LogP contribution in [0.1, 0.15) is 17.4 Å². The van der Waals surface area contributed by atoms with Crippen LogP contribution in [0.4, 0.5) is 0 Å². The summed E-state index contributed by atoms with van der Waals surface area (Å²) in [5, 5.41) is 10.2. The topological polar surface area (TPSA) is 64.5 Å². The van der Waals surface area contributed by atoms with Gasteiger partial charge in [-0.3, -0.25) is 4.98 Å². The van der Waals surface area contributed by atoms with Crippen molar-refractivity contribution in [2.75, 3.05) is 14.2 Å². The van der Waals surface area contributed by atoms with Crippen LogP contribution in [0.5, 0.6) is 11.6 Å². The first-order valence-electron chi connectivity index (χ1n) is 5.90. The summed E-state index contributed by atoms with van der Waals surface area (Å²) in [6, 6.07) is 7.17. The van der Waals surface area contributed by atoms with Gasteiger partial charge in [-0.05, 0) is 17.7 Å². The van der Waals surface area contributed by atoms with Gasteiger partial charge in [0.2, 0.25) is 5.88 Å². The Hall–Kier alpha value is -2.14. The zero-order valence-corrected chi connectivity index (χ0v) is 10.9. The SMILES string of the molecule is COc1ccc(CC(O)c2ncccc2OC)cn1. The van der Waals surface area contributed by atoms with Gasteiger partial charge >= 0.3 is 0 Å². The fourth-order valence-corrected chi connectivity index (χ4v) is 1.80. The van der Waals surface area contributed by atoms with Crippen LogP contribution in [0.25, 0.3) is 0 Å². The lowest BCUT2D eigenvalue weighted by Gasteiger charge is -2.13. The summed E-state index contributed by atoms with van der Waals surface area (Å²) in [5.74, 6) is 1.13. The average molecular weight is 260 g/mol. The summed E-state index contributed by atoms with van der Waals surface area (Å²) < 4.78 is 10.2. The highest BCUT2D eigenvalue weighted by atomic mass is 16.5. The lowest BCUT2D eigenvalue weighted by Crippen LogP contribution is -2.06. The average Bonchev–Trinajstić information content (AvgIpc) is 2.48. The second-order valence-electron chi connectivity index (χ2n) is 4.02. The molecule has 0 spiro atoms. The maximum absolute atomic E-state index is 10.2. The van der Waals surface area contributed by atoms with E-state index >= 15 is 0 Å². The standard InChI is InChI=1S/C14H16N2O3/c1-18-12-4-3-7-15-14(12)11(17)8-10-5-6-13(19-2)16-9-10/h3-7,9,11,17H,8H2,1-2H3. The third-order valence-corrected chi connectivity index (χ3v) is 2.77. The van der Waals surface area contributed by atoms with E-state index in [1.165, 1.54) is 0 Å². The Bertz CT molecular complexity index is 528. The quantitative estimate of drug-likeness (QED) is 0.887. The molecule has 0 saturated heterocycles. The highest BCUT2D eigenvalue weighted by molar-refractivity contribution is 5.30. The van der Waals surface area contributed by atoms with Crippen molar-refractivity contribution in [2.45, 2.75) is 12.5 Å². The summed E-state index contributed by atoms with van der Waals surface area (Å²) in [4.78, 5) is 8.26. The number of methoxy groups -OCH3 is 2. The lowest BCUT2D eigenvalue weighted by atomic mass is 10.1. The molecule has 2 heterocycles. The van der Waals surface area contributed by atoms with Crippen molar-refractivity contribution in [1.82, 2.24) is 9.97 Å². The largest absolute Gasteiger partial charge is 0.495 e. The summed E-state index contributed by atoms with van der Waals surface area (Å²) in [6.07, 6.45) is 3.00. The molecule has 0 amide bonds. The van der Waals surface area contributed by atoms with Crippen molar-refractivity contribution in [2.24, 2.45) is 0 Å². The number of rotatable bonds is 5. The van der Waals surface area contributed by atoms with Gasteiger partial charge in [0.25, 0.3) is 0 Å². The molecule has 1 atom stereocenters. The molecule has 1 unspecified atom stereocenters. The minimum absolute atomic E-state index is 0.421. The first-order chi connectivity index (χ1) is 9.24. The fourth-order valence-electron chi connectivity index (χ4n) is 1.80. The number of aliphatic hydroxyl groups is 1. The molecular weight excluding hydrogens is 244 g/mol. The monoisotopic (exact) mass is 260 g/mol. The lowest BCUT2D eigenvalue weighted by molar-refractivity contribution is 0.168. The van der Waals surface area contributed by atoms with Crippen LogP contribution in [0.3, 0.4) is 0 Å². The van der Waals surface area contributed by atoms with Crippen LogP contribution in [-0.4, -0.2) is 29.3 Å². The molecule has 0 saturated carbocycles. The van der Waals surface area contributed by atoms with E-state index in [1.807, 2.05) is 6.07 Å². The van der Waals surface area contributed by atoms with Gasteiger partial charge in [-0.25, -0.2) is 4.98 Å². The normalized spacial score (nSPS) is 11.9. The second-order valence-corrected chi connectivity index (χ2v) is 4.02. The predicted octanol–water partition coefficient (Wildman–Crippen LogP) is 1.77. The molecule has 100 valence electrons. The molecule has 0 fully saturated rings. The molecule has 19 heavy (non-hydrogen) atoms. The maximum Gasteiger partial charge on any atom is 0.212 e. The Morgan fingerprint density at radius 1 is 1.16 bits per heavy atom. The number of aromatic nitrogens is 2. The first kappa shape index (κ1) is 13.3. The van der Waals surface area contributed by atoms with Crippen molar-refractivity contribution in [3.8, 4) is 11.6 Å². The van der Waals surface area contributed by atoms with E-state index in [0.717, 1.165) is 5.56 Å². The van der Waals surface area contributed by atoms with Crippen molar-refractivity contribution >= 4 is 0 Å². The van der Waals surface area contributed by atoms with E-state index in [-0.39, 0.29) is 0 Å². The van der Waals surface area contributed by atoms with Crippen molar-refractivity contribution < 1.29 is 14.6 Å². The molecule has 5 nitrogen and oxygen atoms in total. The zero-order chi connectivity index (χ0) is 13.7. The number of hydrogen-bond donors (Lipinski definition) is 1. The Labute approximate surface area is 111 Å². The Morgan fingerprint density at radius 2 is 2.00 bits per heavy atom. The number of hydrogen-bond acceptors (Lipinski definition) is 5. The fraction of sp³-hybridized carbons (Fsp3) is 0.286. The molecule has 5 heteroatoms. The summed E-state index contributed by atoms with van der Waals surface area (Å²) in [6.45, 7) is 0. The van der Waals surface area contributed by atoms with Gasteiger partial charge in [0.05, 0.1) is 14.2 Å². The second kappa shape index (κ2) is 6.15. The van der Waals surface area contributed by atoms with Gasteiger partial charge in [0.1, 0.15) is 17.5 Å². The van der Waals surface area contributed by atoms with Gasteiger partial charge in [-0.2, -0.15) is 0 Å². The number of aliphatic hydroxyl groups excluding tert-OH is 1. The van der Waals surface area contributed by atoms with Gasteiger partial charge in [-0.1, -0.05) is 6.07 Å². The third-order valence-electron chi connectivity index (χ3n) is 2.77. The summed E-state index contributed by atoms with van der Waals surface area (Å²) in [7, 11) is 3.12. The summed E-state index contributed by atoms with van der Waals surface area (Å²) >= 11 is 0. The molecule has 2 rings (SSSR count). The molecule has 2 aromatic heterocycles. The van der Waals surface area contributed by atoms with Gasteiger partial charge in [0.15, 0.2) is 0 Å². The van der Waals surface area contributed by atoms with Gasteiger partial charge in [0, 0.05) is 24.9 Å². The van der Waals surface area contributed by atoms with Gasteiger partial charge < -0.3 is 14.6 Å². The molecule has 1 N–H and O–H groups in total. The highest BCUT2D eigenvalue weighted by Gasteiger charge is 2.15. The van der Waals surface area contributed by atoms with Gasteiger partial charge in [-0.15, -0.1) is 0 Å². The Morgan fingerprint density at radius 3 is 2.63 bits per heavy atom. The minimum atomic E-state index is -0.730. The van der Waals surface area contributed by atoms with E-state index in [1.54, 1.807) is 44.8 Å². The third kappa shape index (κ3) is 3.20. The van der Waals surface area contributed by atoms with Crippen molar-refractivity contribution in [1.29, 1.82) is 0 Å². The molecule has 0 aliphatic rings. The predicted molar refractivity (Wildman–Crippen MR) is 70.2 cm³/mol. The number of nitrogens with zero attached hydrogens (tertiary/aromatic N) is 2. The van der Waals surface area contributed by atoms with Crippen molar-refractivity contribution in [3.63, 3.8) is 0 Å². The summed E-state index contributed by atoms with van der Waals surface area (Å²) in [5.41, 5.74) is 1.43. The highest BCUT2D eigenvalue weighted by Crippen LogP contribution is 2.25. The van der Waals surface area contributed by atoms with Crippen LogP contribution in [-0.2, 0) is 6.42 Å². The van der Waals surface area contributed by atoms with Crippen LogP contribution in [0.15, 0.2) is 36.7 Å². The first-order valence-corrected chi connectivity index (χ1v) is 5.90.